The van der Waals surface area contributed by atoms with Crippen LogP contribution in [0.5, 0.6) is 0 Å². The summed E-state index contributed by atoms with van der Waals surface area (Å²) in [5.41, 5.74) is 0. The number of anilines is 1. The van der Waals surface area contributed by atoms with Crippen molar-refractivity contribution in [2.45, 2.75) is 12.2 Å². The van der Waals surface area contributed by atoms with E-state index in [1.165, 1.54) is 24.3 Å². The van der Waals surface area contributed by atoms with E-state index in [1.807, 2.05) is 13.2 Å². The molecule has 0 radical (unpaired) electrons. The summed E-state index contributed by atoms with van der Waals surface area (Å²) in [4.78, 5) is 15.1. The van der Waals surface area contributed by atoms with E-state index < -0.39 is 0 Å². The first kappa shape index (κ1) is 9.91. The Labute approximate surface area is 80.4 Å². The van der Waals surface area contributed by atoms with Crippen LogP contribution in [0, 0.1) is 0 Å². The van der Waals surface area contributed by atoms with E-state index in [2.05, 4.69) is 20.5 Å². The van der Waals surface area contributed by atoms with E-state index >= 15 is 0 Å². The summed E-state index contributed by atoms with van der Waals surface area (Å²) in [5.74, 6) is 0.355. The molecule has 0 aromatic carbocycles. The minimum Gasteiger partial charge on any atom is -0.308 e. The van der Waals surface area contributed by atoms with Crippen LogP contribution in [-0.2, 0) is 4.79 Å². The minimum absolute atomic E-state index is 0.0759. The van der Waals surface area contributed by atoms with Crippen molar-refractivity contribution in [1.29, 1.82) is 0 Å². The molecule has 0 bridgehead atoms. The second kappa shape index (κ2) is 4.76. The monoisotopic (exact) mass is 198 g/mol. The third-order valence-electron chi connectivity index (χ3n) is 1.47. The van der Waals surface area contributed by atoms with Crippen LogP contribution >= 0.6 is 11.8 Å². The molecule has 1 aromatic heterocycles. The number of hydrogen-bond donors (Lipinski definition) is 1. The number of amides is 1. The van der Waals surface area contributed by atoms with Gasteiger partial charge in [-0.1, -0.05) is 0 Å². The van der Waals surface area contributed by atoms with E-state index in [4.69, 9.17) is 0 Å². The Balaban J connectivity index is 2.55. The van der Waals surface area contributed by atoms with Gasteiger partial charge in [0.1, 0.15) is 6.33 Å². The largest absolute Gasteiger partial charge is 0.308 e. The van der Waals surface area contributed by atoms with Gasteiger partial charge in [0, 0.05) is 0 Å². The normalized spacial score (nSPS) is 12.2. The van der Waals surface area contributed by atoms with Gasteiger partial charge in [-0.05, 0) is 13.2 Å². The molecule has 0 aliphatic rings. The summed E-state index contributed by atoms with van der Waals surface area (Å²) in [7, 11) is 0. The highest BCUT2D eigenvalue weighted by molar-refractivity contribution is 7.99. The van der Waals surface area contributed by atoms with Gasteiger partial charge in [0.25, 0.3) is 0 Å². The molecular formula is C7H10N4OS. The summed E-state index contributed by atoms with van der Waals surface area (Å²) >= 11 is 1.48. The lowest BCUT2D eigenvalue weighted by atomic mass is 10.4. The van der Waals surface area contributed by atoms with E-state index in [-0.39, 0.29) is 11.2 Å². The Hall–Kier alpha value is -1.17. The quantitative estimate of drug-likeness (QED) is 0.768. The van der Waals surface area contributed by atoms with Crippen molar-refractivity contribution in [3.05, 3.63) is 12.5 Å². The highest BCUT2D eigenvalue weighted by Gasteiger charge is 2.11. The predicted octanol–water partition coefficient (Wildman–Crippen LogP) is 0.562. The second-order valence-corrected chi connectivity index (χ2v) is 3.54. The molecule has 1 rings (SSSR count). The Bertz CT molecular complexity index is 279. The fourth-order valence-corrected chi connectivity index (χ4v) is 0.912. The van der Waals surface area contributed by atoms with Gasteiger partial charge in [-0.3, -0.25) is 4.79 Å². The van der Waals surface area contributed by atoms with Crippen molar-refractivity contribution in [3.63, 3.8) is 0 Å². The highest BCUT2D eigenvalue weighted by Crippen LogP contribution is 2.07. The molecule has 13 heavy (non-hydrogen) atoms. The van der Waals surface area contributed by atoms with Gasteiger partial charge >= 0.3 is 0 Å². The van der Waals surface area contributed by atoms with E-state index in [9.17, 15) is 4.79 Å². The van der Waals surface area contributed by atoms with Crippen molar-refractivity contribution in [3.8, 4) is 0 Å². The van der Waals surface area contributed by atoms with Gasteiger partial charge in [-0.2, -0.15) is 16.9 Å². The number of carbonyl (C=O) groups is 1. The number of thioether (sulfide) groups is 1. The average molecular weight is 198 g/mol. The number of carbonyl (C=O) groups excluding carboxylic acids is 1. The van der Waals surface area contributed by atoms with Gasteiger partial charge in [-0.25, -0.2) is 4.98 Å². The molecule has 0 aliphatic heterocycles. The summed E-state index contributed by atoms with van der Waals surface area (Å²) in [6.07, 6.45) is 4.58. The third kappa shape index (κ3) is 2.98. The molecule has 0 saturated heterocycles. The van der Waals surface area contributed by atoms with Crippen molar-refractivity contribution in [1.82, 2.24) is 15.2 Å². The Morgan fingerprint density at radius 3 is 2.92 bits per heavy atom. The topological polar surface area (TPSA) is 67.8 Å². The first-order valence-electron chi connectivity index (χ1n) is 3.70. The Morgan fingerprint density at radius 2 is 2.38 bits per heavy atom. The van der Waals surface area contributed by atoms with Gasteiger partial charge in [0.05, 0.1) is 11.4 Å². The molecule has 1 aromatic rings. The van der Waals surface area contributed by atoms with Crippen molar-refractivity contribution >= 4 is 23.5 Å². The first-order valence-corrected chi connectivity index (χ1v) is 4.99. The van der Waals surface area contributed by atoms with Crippen molar-refractivity contribution in [2.24, 2.45) is 0 Å². The van der Waals surface area contributed by atoms with E-state index in [1.54, 1.807) is 0 Å². The maximum absolute atomic E-state index is 11.3. The summed E-state index contributed by atoms with van der Waals surface area (Å²) < 4.78 is 0. The van der Waals surface area contributed by atoms with Gasteiger partial charge in [0.15, 0.2) is 5.82 Å². The zero-order valence-electron chi connectivity index (χ0n) is 7.39. The third-order valence-corrected chi connectivity index (χ3v) is 2.39. The van der Waals surface area contributed by atoms with Crippen LogP contribution in [-0.4, -0.2) is 32.6 Å². The zero-order chi connectivity index (χ0) is 9.68. The molecule has 1 heterocycles. The Kier molecular flexibility index (Phi) is 3.63. The van der Waals surface area contributed by atoms with Crippen LogP contribution in [0.25, 0.3) is 0 Å². The maximum Gasteiger partial charge on any atom is 0.238 e. The zero-order valence-corrected chi connectivity index (χ0v) is 8.21. The fraction of sp³-hybridized carbons (Fsp3) is 0.429. The Morgan fingerprint density at radius 1 is 1.62 bits per heavy atom. The predicted molar refractivity (Wildman–Crippen MR) is 51.4 cm³/mol. The fourth-order valence-electron chi connectivity index (χ4n) is 0.639. The molecule has 1 unspecified atom stereocenters. The molecule has 5 nitrogen and oxygen atoms in total. The molecule has 70 valence electrons. The lowest BCUT2D eigenvalue weighted by Gasteiger charge is -2.07. The summed E-state index contributed by atoms with van der Waals surface area (Å²) in [5, 5.41) is 9.62. The lowest BCUT2D eigenvalue weighted by Crippen LogP contribution is -2.22. The maximum atomic E-state index is 11.3. The number of nitrogens with zero attached hydrogens (tertiary/aromatic N) is 3. The average Bonchev–Trinajstić information content (AvgIpc) is 2.18. The smallest absolute Gasteiger partial charge is 0.238 e. The number of aromatic nitrogens is 3. The minimum atomic E-state index is -0.0880. The molecule has 0 spiro atoms. The van der Waals surface area contributed by atoms with E-state index in [0.717, 1.165) is 0 Å². The van der Waals surface area contributed by atoms with Crippen LogP contribution in [0.1, 0.15) is 6.92 Å². The molecule has 0 fully saturated rings. The highest BCUT2D eigenvalue weighted by atomic mass is 32.2. The van der Waals surface area contributed by atoms with Crippen molar-refractivity contribution in [2.75, 3.05) is 11.6 Å². The van der Waals surface area contributed by atoms with Crippen LogP contribution in [0.3, 0.4) is 0 Å². The molecule has 0 saturated carbocycles. The molecule has 6 heteroatoms. The van der Waals surface area contributed by atoms with Gasteiger partial charge in [-0.15, -0.1) is 5.10 Å². The standard InChI is InChI=1S/C7H10N4OS/c1-5(13-2)7(12)11-6-3-9-10-4-8-6/h3-5H,1-2H3,(H,8,10,11,12). The van der Waals surface area contributed by atoms with Crippen LogP contribution in [0.15, 0.2) is 12.5 Å². The SMILES string of the molecule is CSC(C)C(=O)Nc1cnncn1. The number of hydrogen-bond acceptors (Lipinski definition) is 5. The van der Waals surface area contributed by atoms with Crippen molar-refractivity contribution < 1.29 is 4.79 Å². The first-order chi connectivity index (χ1) is 6.24. The van der Waals surface area contributed by atoms with E-state index in [0.29, 0.717) is 5.82 Å². The summed E-state index contributed by atoms with van der Waals surface area (Å²) in [6.45, 7) is 1.83. The molecule has 1 atom stereocenters. The molecule has 1 amide bonds. The number of rotatable bonds is 3. The van der Waals surface area contributed by atoms with Crippen LogP contribution in [0.2, 0.25) is 0 Å². The number of nitrogens with one attached hydrogen (secondary N) is 1. The lowest BCUT2D eigenvalue weighted by molar-refractivity contribution is -0.115. The molecular weight excluding hydrogens is 188 g/mol. The van der Waals surface area contributed by atoms with Gasteiger partial charge < -0.3 is 5.32 Å². The second-order valence-electron chi connectivity index (χ2n) is 2.36. The summed E-state index contributed by atoms with van der Waals surface area (Å²) in [6, 6.07) is 0. The van der Waals surface area contributed by atoms with Crippen LogP contribution in [0.4, 0.5) is 5.82 Å². The molecule has 1 N–H and O–H groups in total. The molecule has 0 aliphatic carbocycles. The van der Waals surface area contributed by atoms with Gasteiger partial charge in [0.2, 0.25) is 5.91 Å². The van der Waals surface area contributed by atoms with Crippen LogP contribution < -0.4 is 5.32 Å².